The summed E-state index contributed by atoms with van der Waals surface area (Å²) in [5.74, 6) is 0.356. The van der Waals surface area contributed by atoms with Crippen LogP contribution in [0.1, 0.15) is 36.0 Å². The van der Waals surface area contributed by atoms with Gasteiger partial charge in [-0.05, 0) is 35.1 Å². The van der Waals surface area contributed by atoms with Crippen molar-refractivity contribution in [1.29, 1.82) is 0 Å². The Hall–Kier alpha value is -3.65. The second-order valence-corrected chi connectivity index (χ2v) is 7.84. The van der Waals surface area contributed by atoms with Crippen molar-refractivity contribution in [2.24, 2.45) is 5.10 Å². The Balaban J connectivity index is 1.51. The molecule has 0 radical (unpaired) electrons. The van der Waals surface area contributed by atoms with Gasteiger partial charge in [0, 0.05) is 17.7 Å². The first-order chi connectivity index (χ1) is 14.8. The number of fused-ring (bicyclic) bond motifs is 2. The lowest BCUT2D eigenvalue weighted by molar-refractivity contribution is 0.852. The Labute approximate surface area is 177 Å². The second kappa shape index (κ2) is 8.00. The van der Waals surface area contributed by atoms with Crippen LogP contribution in [0.15, 0.2) is 108 Å². The van der Waals surface area contributed by atoms with E-state index in [9.17, 15) is 0 Å². The Kier molecular flexibility index (Phi) is 4.90. The topological polar surface area (TPSA) is 24.4 Å². The van der Waals surface area contributed by atoms with Crippen molar-refractivity contribution in [3.05, 3.63) is 119 Å². The molecule has 146 valence electrons. The van der Waals surface area contributed by atoms with Crippen molar-refractivity contribution in [3.8, 4) is 0 Å². The van der Waals surface area contributed by atoms with Gasteiger partial charge in [0.15, 0.2) is 0 Å². The molecule has 0 amide bonds. The van der Waals surface area contributed by atoms with Gasteiger partial charge in [-0.2, -0.15) is 5.10 Å². The highest BCUT2D eigenvalue weighted by molar-refractivity contribution is 6.02. The van der Waals surface area contributed by atoms with Gasteiger partial charge in [0.1, 0.15) is 0 Å². The van der Waals surface area contributed by atoms with Crippen molar-refractivity contribution in [2.45, 2.75) is 19.3 Å². The fourth-order valence-electron chi connectivity index (χ4n) is 4.32. The zero-order valence-corrected chi connectivity index (χ0v) is 17.0. The molecule has 2 heteroatoms. The molecule has 5 rings (SSSR count). The molecule has 0 saturated heterocycles. The van der Waals surface area contributed by atoms with Gasteiger partial charge in [0.25, 0.3) is 0 Å². The van der Waals surface area contributed by atoms with Crippen molar-refractivity contribution >= 4 is 28.2 Å². The molecule has 4 aromatic rings. The number of benzene rings is 4. The van der Waals surface area contributed by atoms with Crippen LogP contribution in [0.25, 0.3) is 16.8 Å². The lowest BCUT2D eigenvalue weighted by Gasteiger charge is -2.17. The molecular weight excluding hydrogens is 364 g/mol. The predicted molar refractivity (Wildman–Crippen MR) is 128 cm³/mol. The summed E-state index contributed by atoms with van der Waals surface area (Å²) in [6.45, 7) is 2.23. The largest absolute Gasteiger partial charge is 0.278 e. The van der Waals surface area contributed by atoms with Crippen LogP contribution < -0.4 is 5.43 Å². The van der Waals surface area contributed by atoms with E-state index in [-0.39, 0.29) is 0 Å². The molecule has 2 nitrogen and oxygen atoms in total. The van der Waals surface area contributed by atoms with Gasteiger partial charge in [0.2, 0.25) is 0 Å². The van der Waals surface area contributed by atoms with Crippen LogP contribution in [-0.2, 0) is 0 Å². The highest BCUT2D eigenvalue weighted by Crippen LogP contribution is 2.39. The Bertz CT molecular complexity index is 1250. The highest BCUT2D eigenvalue weighted by atomic mass is 15.3. The van der Waals surface area contributed by atoms with Crippen molar-refractivity contribution < 1.29 is 0 Å². The third-order valence-electron chi connectivity index (χ3n) is 5.91. The number of hydrazone groups is 1. The van der Waals surface area contributed by atoms with E-state index in [1.807, 2.05) is 0 Å². The molecule has 0 aromatic heterocycles. The summed E-state index contributed by atoms with van der Waals surface area (Å²) in [4.78, 5) is 0. The molecule has 0 aliphatic heterocycles. The molecule has 30 heavy (non-hydrogen) atoms. The molecule has 1 atom stereocenters. The van der Waals surface area contributed by atoms with Crippen LogP contribution in [0.2, 0.25) is 0 Å². The monoisotopic (exact) mass is 388 g/mol. The van der Waals surface area contributed by atoms with E-state index >= 15 is 0 Å². The second-order valence-electron chi connectivity index (χ2n) is 7.84. The SMILES string of the molecule is CC1=Cc2ccccc2C1CC(=NNc1cccc2ccccc12)c1ccccc1. The van der Waals surface area contributed by atoms with Crippen molar-refractivity contribution in [1.82, 2.24) is 0 Å². The Morgan fingerprint density at radius 1 is 0.800 bits per heavy atom. The lowest BCUT2D eigenvalue weighted by Crippen LogP contribution is -2.10. The summed E-state index contributed by atoms with van der Waals surface area (Å²) in [6.07, 6.45) is 3.17. The maximum absolute atomic E-state index is 4.92. The molecule has 1 aliphatic carbocycles. The van der Waals surface area contributed by atoms with Crippen LogP contribution in [-0.4, -0.2) is 5.71 Å². The first-order valence-electron chi connectivity index (χ1n) is 10.4. The van der Waals surface area contributed by atoms with Crippen LogP contribution in [0.5, 0.6) is 0 Å². The van der Waals surface area contributed by atoms with Gasteiger partial charge in [-0.15, -0.1) is 0 Å². The van der Waals surface area contributed by atoms with E-state index in [1.165, 1.54) is 27.5 Å². The van der Waals surface area contributed by atoms with Crippen LogP contribution in [0.3, 0.4) is 0 Å². The maximum atomic E-state index is 4.92. The zero-order chi connectivity index (χ0) is 20.3. The van der Waals surface area contributed by atoms with Gasteiger partial charge in [-0.1, -0.05) is 103 Å². The summed E-state index contributed by atoms with van der Waals surface area (Å²) in [7, 11) is 0. The van der Waals surface area contributed by atoms with Crippen LogP contribution >= 0.6 is 0 Å². The van der Waals surface area contributed by atoms with Crippen LogP contribution in [0, 0.1) is 0 Å². The third kappa shape index (κ3) is 3.53. The Morgan fingerprint density at radius 2 is 1.53 bits per heavy atom. The molecule has 0 fully saturated rings. The molecule has 1 unspecified atom stereocenters. The fourth-order valence-corrected chi connectivity index (χ4v) is 4.32. The van der Waals surface area contributed by atoms with E-state index < -0.39 is 0 Å². The number of anilines is 1. The summed E-state index contributed by atoms with van der Waals surface area (Å²) >= 11 is 0. The van der Waals surface area contributed by atoms with E-state index in [0.29, 0.717) is 5.92 Å². The third-order valence-corrected chi connectivity index (χ3v) is 5.91. The minimum atomic E-state index is 0.356. The molecule has 0 spiro atoms. The molecule has 0 bridgehead atoms. The van der Waals surface area contributed by atoms with Crippen molar-refractivity contribution in [2.75, 3.05) is 5.43 Å². The highest BCUT2D eigenvalue weighted by Gasteiger charge is 2.24. The van der Waals surface area contributed by atoms with E-state index in [4.69, 9.17) is 5.10 Å². The van der Waals surface area contributed by atoms with Crippen LogP contribution in [0.4, 0.5) is 5.69 Å². The van der Waals surface area contributed by atoms with Gasteiger partial charge < -0.3 is 0 Å². The number of hydrogen-bond acceptors (Lipinski definition) is 2. The summed E-state index contributed by atoms with van der Waals surface area (Å²) in [5.41, 5.74) is 10.7. The average Bonchev–Trinajstić information content (AvgIpc) is 3.12. The first-order valence-corrected chi connectivity index (χ1v) is 10.4. The number of allylic oxidation sites excluding steroid dienone is 1. The molecule has 0 heterocycles. The van der Waals surface area contributed by atoms with Gasteiger partial charge in [-0.3, -0.25) is 5.43 Å². The fraction of sp³-hybridized carbons (Fsp3) is 0.107. The van der Waals surface area contributed by atoms with E-state index in [0.717, 1.165) is 23.4 Å². The van der Waals surface area contributed by atoms with Gasteiger partial charge in [0.05, 0.1) is 11.4 Å². The molecular formula is C28H24N2. The predicted octanol–water partition coefficient (Wildman–Crippen LogP) is 7.25. The summed E-state index contributed by atoms with van der Waals surface area (Å²) < 4.78 is 0. The summed E-state index contributed by atoms with van der Waals surface area (Å²) in [6, 6.07) is 33.9. The number of rotatable bonds is 5. The zero-order valence-electron chi connectivity index (χ0n) is 17.0. The minimum Gasteiger partial charge on any atom is -0.278 e. The average molecular weight is 389 g/mol. The molecule has 1 N–H and O–H groups in total. The number of nitrogens with one attached hydrogen (secondary N) is 1. The maximum Gasteiger partial charge on any atom is 0.0688 e. The standard InChI is InChI=1S/C28H24N2/c1-20-18-23-13-6-7-15-24(23)26(20)19-28(22-11-3-2-4-12-22)30-29-27-17-9-14-21-10-5-8-16-25(21)27/h2-18,26,29H,19H2,1H3. The smallest absolute Gasteiger partial charge is 0.0688 e. The first kappa shape index (κ1) is 18.4. The quantitative estimate of drug-likeness (QED) is 0.283. The van der Waals surface area contributed by atoms with E-state index in [1.54, 1.807) is 0 Å². The van der Waals surface area contributed by atoms with Gasteiger partial charge in [-0.25, -0.2) is 0 Å². The van der Waals surface area contributed by atoms with E-state index in [2.05, 4.69) is 115 Å². The minimum absolute atomic E-state index is 0.356. The lowest BCUT2D eigenvalue weighted by atomic mass is 9.89. The molecule has 4 aromatic carbocycles. The van der Waals surface area contributed by atoms with Gasteiger partial charge >= 0.3 is 0 Å². The Morgan fingerprint density at radius 3 is 2.43 bits per heavy atom. The molecule has 0 saturated carbocycles. The normalized spacial score (nSPS) is 15.7. The molecule has 1 aliphatic rings. The summed E-state index contributed by atoms with van der Waals surface area (Å²) in [5, 5.41) is 7.31. The number of nitrogens with zero attached hydrogens (tertiary/aromatic N) is 1. The van der Waals surface area contributed by atoms with Crippen molar-refractivity contribution in [3.63, 3.8) is 0 Å². The number of hydrogen-bond donors (Lipinski definition) is 1.